The number of amides is 1. The first-order valence-corrected chi connectivity index (χ1v) is 11.1. The van der Waals surface area contributed by atoms with E-state index in [9.17, 15) is 9.59 Å². The van der Waals surface area contributed by atoms with Gasteiger partial charge < -0.3 is 20.0 Å². The Hall–Kier alpha value is -3.94. The molecule has 170 valence electrons. The van der Waals surface area contributed by atoms with Crippen LogP contribution in [-0.2, 0) is 17.6 Å². The third-order valence-corrected chi connectivity index (χ3v) is 5.35. The maximum Gasteiger partial charge on any atom is 0.273 e. The van der Waals surface area contributed by atoms with E-state index < -0.39 is 0 Å². The topological polar surface area (TPSA) is 113 Å². The summed E-state index contributed by atoms with van der Waals surface area (Å²) in [5, 5.41) is 12.2. The van der Waals surface area contributed by atoms with Crippen molar-refractivity contribution in [2.45, 2.75) is 32.6 Å². The summed E-state index contributed by atoms with van der Waals surface area (Å²) in [6.45, 7) is 3.23. The molecule has 33 heavy (non-hydrogen) atoms. The number of carbonyl (C=O) groups excluding carboxylic acids is 1. The van der Waals surface area contributed by atoms with Crippen LogP contribution < -0.4 is 15.6 Å². The molecule has 0 fully saturated rings. The van der Waals surface area contributed by atoms with Gasteiger partial charge in [-0.25, -0.2) is 0 Å². The fourth-order valence-corrected chi connectivity index (χ4v) is 3.58. The zero-order chi connectivity index (χ0) is 23.0. The zero-order valence-electron chi connectivity index (χ0n) is 18.6. The number of rotatable bonds is 10. The van der Waals surface area contributed by atoms with E-state index in [0.29, 0.717) is 19.0 Å². The molecular formula is C25H27N5O3. The van der Waals surface area contributed by atoms with Gasteiger partial charge in [0.25, 0.3) is 5.56 Å². The minimum atomic E-state index is -0.335. The lowest BCUT2D eigenvalue weighted by Crippen LogP contribution is -2.27. The molecular weight excluding hydrogens is 418 g/mol. The Balaban J connectivity index is 1.27. The monoisotopic (exact) mass is 445 g/mol. The fourth-order valence-electron chi connectivity index (χ4n) is 3.58. The zero-order valence-corrected chi connectivity index (χ0v) is 18.6. The lowest BCUT2D eigenvalue weighted by atomic mass is 10.1. The molecule has 0 bridgehead atoms. The summed E-state index contributed by atoms with van der Waals surface area (Å²) >= 11 is 0. The molecule has 2 aromatic heterocycles. The first-order chi connectivity index (χ1) is 16.1. The number of nitrogens with one attached hydrogen (secondary N) is 3. The van der Waals surface area contributed by atoms with E-state index in [0.717, 1.165) is 40.6 Å². The van der Waals surface area contributed by atoms with Crippen LogP contribution in [0, 0.1) is 0 Å². The molecule has 2 heterocycles. The van der Waals surface area contributed by atoms with Crippen LogP contribution in [0.1, 0.15) is 31.0 Å². The Bertz CT molecular complexity index is 1280. The highest BCUT2D eigenvalue weighted by atomic mass is 16.5. The van der Waals surface area contributed by atoms with E-state index in [1.165, 1.54) is 0 Å². The summed E-state index contributed by atoms with van der Waals surface area (Å²) in [6, 6.07) is 15.4. The molecule has 0 unspecified atom stereocenters. The van der Waals surface area contributed by atoms with Crippen LogP contribution >= 0.6 is 0 Å². The Labute approximate surface area is 191 Å². The van der Waals surface area contributed by atoms with Gasteiger partial charge in [0, 0.05) is 42.0 Å². The number of fused-ring (bicyclic) bond motifs is 1. The first-order valence-electron chi connectivity index (χ1n) is 11.1. The molecule has 0 saturated carbocycles. The maximum absolute atomic E-state index is 12.4. The van der Waals surface area contributed by atoms with Crippen molar-refractivity contribution in [1.29, 1.82) is 0 Å². The molecule has 4 aromatic rings. The van der Waals surface area contributed by atoms with Crippen LogP contribution in [0.4, 0.5) is 0 Å². The predicted octanol–water partition coefficient (Wildman–Crippen LogP) is 3.39. The van der Waals surface area contributed by atoms with E-state index in [2.05, 4.69) is 31.5 Å². The van der Waals surface area contributed by atoms with Crippen LogP contribution in [0.3, 0.4) is 0 Å². The van der Waals surface area contributed by atoms with Gasteiger partial charge in [0.05, 0.1) is 6.61 Å². The second-order valence-corrected chi connectivity index (χ2v) is 7.78. The number of nitrogens with zero attached hydrogens (tertiary/aromatic N) is 2. The molecule has 3 N–H and O–H groups in total. The Kier molecular flexibility index (Phi) is 7.14. The van der Waals surface area contributed by atoms with E-state index >= 15 is 0 Å². The van der Waals surface area contributed by atoms with Crippen molar-refractivity contribution >= 4 is 16.8 Å². The highest BCUT2D eigenvalue weighted by Crippen LogP contribution is 2.19. The molecule has 0 aliphatic rings. The van der Waals surface area contributed by atoms with Gasteiger partial charge in [0.1, 0.15) is 11.4 Å². The molecule has 8 heteroatoms. The number of H-pyrrole nitrogens is 2. The standard InChI is InChI=1S/C25H27N5O3/c1-2-15-33-19-9-7-17(8-10-19)24-28-25(32)22(29-30-24)11-12-23(31)26-14-13-18-16-27-21-6-4-3-5-20(18)21/h3-10,16,27H,2,11-15H2,1H3,(H,26,31)(H,28,30,32). The highest BCUT2D eigenvalue weighted by Gasteiger charge is 2.10. The van der Waals surface area contributed by atoms with E-state index in [1.54, 1.807) is 0 Å². The van der Waals surface area contributed by atoms with Gasteiger partial charge in [-0.1, -0.05) is 25.1 Å². The van der Waals surface area contributed by atoms with Crippen molar-refractivity contribution in [1.82, 2.24) is 25.5 Å². The van der Waals surface area contributed by atoms with Gasteiger partial charge in [0.2, 0.25) is 5.91 Å². The smallest absolute Gasteiger partial charge is 0.273 e. The van der Waals surface area contributed by atoms with Gasteiger partial charge in [-0.05, 0) is 48.7 Å². The number of hydrogen-bond donors (Lipinski definition) is 3. The van der Waals surface area contributed by atoms with Gasteiger partial charge in [0.15, 0.2) is 5.82 Å². The number of ether oxygens (including phenoxy) is 1. The quantitative estimate of drug-likeness (QED) is 0.346. The number of aromatic amines is 2. The molecule has 0 spiro atoms. The van der Waals surface area contributed by atoms with Gasteiger partial charge in [-0.2, -0.15) is 0 Å². The van der Waals surface area contributed by atoms with Gasteiger partial charge in [-0.15, -0.1) is 10.2 Å². The third kappa shape index (κ3) is 5.65. The largest absolute Gasteiger partial charge is 0.494 e. The summed E-state index contributed by atoms with van der Waals surface area (Å²) in [6.07, 6.45) is 4.04. The number of aromatic nitrogens is 4. The van der Waals surface area contributed by atoms with E-state index in [-0.39, 0.29) is 30.0 Å². The molecule has 4 rings (SSSR count). The predicted molar refractivity (Wildman–Crippen MR) is 127 cm³/mol. The number of aryl methyl sites for hydroxylation is 1. The molecule has 0 radical (unpaired) electrons. The van der Waals surface area contributed by atoms with Crippen molar-refractivity contribution in [3.05, 3.63) is 76.3 Å². The highest BCUT2D eigenvalue weighted by molar-refractivity contribution is 5.83. The summed E-state index contributed by atoms with van der Waals surface area (Å²) in [5.74, 6) is 1.03. The summed E-state index contributed by atoms with van der Waals surface area (Å²) in [7, 11) is 0. The lowest BCUT2D eigenvalue weighted by Gasteiger charge is -2.06. The molecule has 0 aliphatic heterocycles. The number of para-hydroxylation sites is 1. The van der Waals surface area contributed by atoms with E-state index in [4.69, 9.17) is 4.74 Å². The minimum absolute atomic E-state index is 0.122. The van der Waals surface area contributed by atoms with Crippen LogP contribution in [0.15, 0.2) is 59.5 Å². The van der Waals surface area contributed by atoms with Crippen LogP contribution in [0.2, 0.25) is 0 Å². The van der Waals surface area contributed by atoms with Gasteiger partial charge >= 0.3 is 0 Å². The molecule has 0 saturated heterocycles. The Morgan fingerprint density at radius 1 is 1.06 bits per heavy atom. The maximum atomic E-state index is 12.4. The van der Waals surface area contributed by atoms with Crippen LogP contribution in [-0.4, -0.2) is 39.2 Å². The normalized spacial score (nSPS) is 10.9. The average Bonchev–Trinajstić information content (AvgIpc) is 3.25. The summed E-state index contributed by atoms with van der Waals surface area (Å²) in [5.41, 5.74) is 2.89. The Morgan fingerprint density at radius 3 is 2.67 bits per heavy atom. The second-order valence-electron chi connectivity index (χ2n) is 7.78. The summed E-state index contributed by atoms with van der Waals surface area (Å²) < 4.78 is 5.56. The molecule has 1 amide bonds. The lowest BCUT2D eigenvalue weighted by molar-refractivity contribution is -0.121. The van der Waals surface area contributed by atoms with Crippen molar-refractivity contribution < 1.29 is 9.53 Å². The second kappa shape index (κ2) is 10.6. The molecule has 2 aromatic carbocycles. The molecule has 0 atom stereocenters. The number of benzene rings is 2. The summed E-state index contributed by atoms with van der Waals surface area (Å²) in [4.78, 5) is 30.6. The van der Waals surface area contributed by atoms with E-state index in [1.807, 2.05) is 55.6 Å². The number of hydrogen-bond acceptors (Lipinski definition) is 5. The van der Waals surface area contributed by atoms with Crippen molar-refractivity contribution in [2.75, 3.05) is 13.2 Å². The first kappa shape index (κ1) is 22.3. The minimum Gasteiger partial charge on any atom is -0.494 e. The van der Waals surface area contributed by atoms with Crippen LogP contribution in [0.5, 0.6) is 5.75 Å². The van der Waals surface area contributed by atoms with Crippen LogP contribution in [0.25, 0.3) is 22.3 Å². The average molecular weight is 446 g/mol. The van der Waals surface area contributed by atoms with Crippen molar-refractivity contribution in [3.63, 3.8) is 0 Å². The molecule has 0 aliphatic carbocycles. The Morgan fingerprint density at radius 2 is 1.88 bits per heavy atom. The molecule has 8 nitrogen and oxygen atoms in total. The third-order valence-electron chi connectivity index (χ3n) is 5.35. The fraction of sp³-hybridized carbons (Fsp3) is 0.280. The SMILES string of the molecule is CCCOc1ccc(-c2nnc(CCC(=O)NCCc3c[nH]c4ccccc34)c(=O)[nH]2)cc1. The number of carbonyl (C=O) groups is 1. The van der Waals surface area contributed by atoms with Crippen molar-refractivity contribution in [3.8, 4) is 17.1 Å². The van der Waals surface area contributed by atoms with Gasteiger partial charge in [-0.3, -0.25) is 9.59 Å². The van der Waals surface area contributed by atoms with Crippen molar-refractivity contribution in [2.24, 2.45) is 0 Å².